The van der Waals surface area contributed by atoms with Crippen molar-refractivity contribution in [1.29, 1.82) is 5.26 Å². The van der Waals surface area contributed by atoms with E-state index in [1.807, 2.05) is 6.07 Å². The molecule has 1 N–H and O–H groups in total. The van der Waals surface area contributed by atoms with Crippen LogP contribution < -0.4 is 4.72 Å². The maximum absolute atomic E-state index is 12.1. The van der Waals surface area contributed by atoms with Gasteiger partial charge in [-0.2, -0.15) is 5.26 Å². The average molecular weight is 278 g/mol. The molecule has 1 saturated carbocycles. The van der Waals surface area contributed by atoms with Crippen LogP contribution in [0.4, 0.5) is 0 Å². The van der Waals surface area contributed by atoms with Gasteiger partial charge in [0.15, 0.2) is 0 Å². The van der Waals surface area contributed by atoms with Crippen LogP contribution in [0.3, 0.4) is 0 Å². The Balaban J connectivity index is 2.11. The molecule has 2 unspecified atom stereocenters. The zero-order valence-electron chi connectivity index (χ0n) is 11.0. The summed E-state index contributed by atoms with van der Waals surface area (Å²) < 4.78 is 27.1. The average Bonchev–Trinajstić information content (AvgIpc) is 2.74. The van der Waals surface area contributed by atoms with Crippen LogP contribution in [-0.2, 0) is 15.8 Å². The molecule has 4 nitrogen and oxygen atoms in total. The Morgan fingerprint density at radius 2 is 2.11 bits per heavy atom. The molecule has 1 aromatic carbocycles. The van der Waals surface area contributed by atoms with Crippen molar-refractivity contribution in [3.05, 3.63) is 35.4 Å². The first-order valence-corrected chi connectivity index (χ1v) is 8.15. The third-order valence-electron chi connectivity index (χ3n) is 3.68. The third-order valence-corrected chi connectivity index (χ3v) is 5.03. The number of sulfonamides is 1. The largest absolute Gasteiger partial charge is 0.216 e. The van der Waals surface area contributed by atoms with Gasteiger partial charge in [0.2, 0.25) is 10.0 Å². The molecule has 0 radical (unpaired) electrons. The molecule has 0 aliphatic heterocycles. The van der Waals surface area contributed by atoms with Crippen molar-refractivity contribution in [2.24, 2.45) is 5.92 Å². The highest BCUT2D eigenvalue weighted by Gasteiger charge is 2.27. The molecule has 1 aromatic rings. The van der Waals surface area contributed by atoms with Gasteiger partial charge in [-0.25, -0.2) is 13.1 Å². The summed E-state index contributed by atoms with van der Waals surface area (Å²) >= 11 is 0. The summed E-state index contributed by atoms with van der Waals surface area (Å²) in [5, 5.41) is 8.98. The Morgan fingerprint density at radius 3 is 2.74 bits per heavy atom. The van der Waals surface area contributed by atoms with Gasteiger partial charge in [0.05, 0.1) is 17.4 Å². The van der Waals surface area contributed by atoms with Crippen molar-refractivity contribution in [2.45, 2.75) is 38.0 Å². The fourth-order valence-electron chi connectivity index (χ4n) is 2.55. The van der Waals surface area contributed by atoms with Gasteiger partial charge in [-0.05, 0) is 30.4 Å². The number of hydrogen-bond donors (Lipinski definition) is 1. The van der Waals surface area contributed by atoms with Crippen molar-refractivity contribution in [3.8, 4) is 6.07 Å². The lowest BCUT2D eigenvalue weighted by Gasteiger charge is -2.17. The molecular weight excluding hydrogens is 260 g/mol. The molecule has 2 rings (SSSR count). The van der Waals surface area contributed by atoms with Crippen LogP contribution in [0, 0.1) is 17.2 Å². The van der Waals surface area contributed by atoms with Crippen LogP contribution in [0.25, 0.3) is 0 Å². The summed E-state index contributed by atoms with van der Waals surface area (Å²) in [5.74, 6) is 0.265. The maximum Gasteiger partial charge on any atom is 0.216 e. The number of rotatable bonds is 4. The summed E-state index contributed by atoms with van der Waals surface area (Å²) in [6.45, 7) is 2.07. The molecular formula is C14H18N2O2S. The summed E-state index contributed by atoms with van der Waals surface area (Å²) in [6.07, 6.45) is 3.05. The van der Waals surface area contributed by atoms with Gasteiger partial charge in [0, 0.05) is 6.04 Å². The number of benzene rings is 1. The minimum Gasteiger partial charge on any atom is -0.212 e. The zero-order valence-corrected chi connectivity index (χ0v) is 11.8. The second-order valence-corrected chi connectivity index (χ2v) is 6.91. The molecule has 0 saturated heterocycles. The molecule has 2 atom stereocenters. The predicted octanol–water partition coefficient (Wildman–Crippen LogP) is 2.17. The van der Waals surface area contributed by atoms with Crippen molar-refractivity contribution < 1.29 is 8.42 Å². The maximum atomic E-state index is 12.1. The van der Waals surface area contributed by atoms with E-state index in [-0.39, 0.29) is 11.8 Å². The Bertz CT molecular complexity index is 590. The summed E-state index contributed by atoms with van der Waals surface area (Å²) in [4.78, 5) is 0. The Labute approximate surface area is 114 Å². The SMILES string of the molecule is CC1CCCC1NS(=O)(=O)Cc1ccccc1C#N. The lowest BCUT2D eigenvalue weighted by Crippen LogP contribution is -2.37. The first-order chi connectivity index (χ1) is 9.02. The fraction of sp³-hybridized carbons (Fsp3) is 0.500. The first kappa shape index (κ1) is 14.0. The Morgan fingerprint density at radius 1 is 1.37 bits per heavy atom. The van der Waals surface area contributed by atoms with E-state index in [0.29, 0.717) is 17.0 Å². The Hall–Kier alpha value is -1.38. The van der Waals surface area contributed by atoms with Crippen LogP contribution in [-0.4, -0.2) is 14.5 Å². The van der Waals surface area contributed by atoms with Crippen molar-refractivity contribution in [3.63, 3.8) is 0 Å². The second-order valence-electron chi connectivity index (χ2n) is 5.16. The van der Waals surface area contributed by atoms with Crippen LogP contribution in [0.1, 0.15) is 37.3 Å². The van der Waals surface area contributed by atoms with Gasteiger partial charge in [-0.3, -0.25) is 0 Å². The van der Waals surface area contributed by atoms with Crippen molar-refractivity contribution >= 4 is 10.0 Å². The number of nitriles is 1. The predicted molar refractivity (Wildman–Crippen MR) is 73.7 cm³/mol. The standard InChI is InChI=1S/C14H18N2O2S/c1-11-5-4-8-14(11)16-19(17,18)10-13-7-3-2-6-12(13)9-15/h2-3,6-7,11,14,16H,4-5,8,10H2,1H3. The molecule has 19 heavy (non-hydrogen) atoms. The molecule has 1 aliphatic rings. The minimum atomic E-state index is -3.38. The molecule has 1 fully saturated rings. The smallest absolute Gasteiger partial charge is 0.212 e. The van der Waals surface area contributed by atoms with E-state index < -0.39 is 10.0 Å². The fourth-order valence-corrected chi connectivity index (χ4v) is 4.11. The third kappa shape index (κ3) is 3.55. The zero-order chi connectivity index (χ0) is 13.9. The monoisotopic (exact) mass is 278 g/mol. The lowest BCUT2D eigenvalue weighted by molar-refractivity contribution is 0.476. The topological polar surface area (TPSA) is 70.0 Å². The van der Waals surface area contributed by atoms with E-state index in [1.165, 1.54) is 0 Å². The van der Waals surface area contributed by atoms with Crippen LogP contribution >= 0.6 is 0 Å². The summed E-state index contributed by atoms with van der Waals surface area (Å²) in [7, 11) is -3.38. The van der Waals surface area contributed by atoms with Gasteiger partial charge >= 0.3 is 0 Å². The molecule has 102 valence electrons. The molecule has 0 spiro atoms. The minimum absolute atomic E-state index is 0.0410. The molecule has 5 heteroatoms. The lowest BCUT2D eigenvalue weighted by atomic mass is 10.1. The quantitative estimate of drug-likeness (QED) is 0.917. The number of nitrogens with zero attached hydrogens (tertiary/aromatic N) is 1. The van der Waals surface area contributed by atoms with Gasteiger partial charge < -0.3 is 0 Å². The Kier molecular flexibility index (Phi) is 4.23. The molecule has 1 aliphatic carbocycles. The van der Waals surface area contributed by atoms with E-state index >= 15 is 0 Å². The highest BCUT2D eigenvalue weighted by Crippen LogP contribution is 2.25. The molecule has 0 bridgehead atoms. The highest BCUT2D eigenvalue weighted by atomic mass is 32.2. The number of nitrogens with one attached hydrogen (secondary N) is 1. The van der Waals surface area contributed by atoms with Crippen LogP contribution in [0.5, 0.6) is 0 Å². The van der Waals surface area contributed by atoms with E-state index in [2.05, 4.69) is 11.6 Å². The van der Waals surface area contributed by atoms with Gasteiger partial charge in [0.1, 0.15) is 0 Å². The molecule has 0 amide bonds. The first-order valence-electron chi connectivity index (χ1n) is 6.50. The van der Waals surface area contributed by atoms with Crippen LogP contribution in [0.2, 0.25) is 0 Å². The molecule has 0 heterocycles. The van der Waals surface area contributed by atoms with E-state index in [1.54, 1.807) is 24.3 Å². The van der Waals surface area contributed by atoms with Crippen LogP contribution in [0.15, 0.2) is 24.3 Å². The van der Waals surface area contributed by atoms with E-state index in [9.17, 15) is 8.42 Å². The van der Waals surface area contributed by atoms with E-state index in [0.717, 1.165) is 19.3 Å². The van der Waals surface area contributed by atoms with Crippen molar-refractivity contribution in [2.75, 3.05) is 0 Å². The van der Waals surface area contributed by atoms with E-state index in [4.69, 9.17) is 5.26 Å². The summed E-state index contributed by atoms with van der Waals surface area (Å²) in [6, 6.07) is 8.89. The van der Waals surface area contributed by atoms with Gasteiger partial charge in [-0.15, -0.1) is 0 Å². The van der Waals surface area contributed by atoms with Gasteiger partial charge in [0.25, 0.3) is 0 Å². The highest BCUT2D eigenvalue weighted by molar-refractivity contribution is 7.88. The molecule has 0 aromatic heterocycles. The van der Waals surface area contributed by atoms with Crippen molar-refractivity contribution in [1.82, 2.24) is 4.72 Å². The summed E-state index contributed by atoms with van der Waals surface area (Å²) in [5.41, 5.74) is 0.982. The second kappa shape index (κ2) is 5.72. The normalized spacial score (nSPS) is 23.2. The number of hydrogen-bond acceptors (Lipinski definition) is 3. The van der Waals surface area contributed by atoms with Gasteiger partial charge in [-0.1, -0.05) is 31.5 Å².